The number of nitrogen functional groups attached to an aromatic ring is 1. The molecule has 0 heterocycles. The van der Waals surface area contributed by atoms with Crippen LogP contribution in [0.15, 0.2) is 36.4 Å². The second kappa shape index (κ2) is 5.23. The van der Waals surface area contributed by atoms with Crippen molar-refractivity contribution in [3.8, 4) is 5.75 Å². The molecule has 5 heteroatoms. The largest absolute Gasteiger partial charge is 0.489 e. The second-order valence-electron chi connectivity index (χ2n) is 3.72. The van der Waals surface area contributed by atoms with E-state index in [1.165, 1.54) is 24.3 Å². The number of ether oxygens (including phenoxy) is 1. The van der Waals surface area contributed by atoms with Gasteiger partial charge in [-0.25, -0.2) is 8.78 Å². The lowest BCUT2D eigenvalue weighted by molar-refractivity contribution is 0.298. The van der Waals surface area contributed by atoms with Crippen molar-refractivity contribution in [3.63, 3.8) is 0 Å². The summed E-state index contributed by atoms with van der Waals surface area (Å²) in [5.74, 6) is -0.746. The molecule has 0 saturated heterocycles. The predicted molar refractivity (Wildman–Crippen MR) is 66.6 cm³/mol. The highest BCUT2D eigenvalue weighted by atomic mass is 35.5. The van der Waals surface area contributed by atoms with Crippen molar-refractivity contribution in [2.75, 3.05) is 5.73 Å². The fourth-order valence-corrected chi connectivity index (χ4v) is 1.53. The highest BCUT2D eigenvalue weighted by molar-refractivity contribution is 6.30. The van der Waals surface area contributed by atoms with Crippen LogP contribution in [0.25, 0.3) is 0 Å². The minimum atomic E-state index is -0.577. The molecule has 2 nitrogen and oxygen atoms in total. The summed E-state index contributed by atoms with van der Waals surface area (Å²) >= 11 is 5.54. The summed E-state index contributed by atoms with van der Waals surface area (Å²) in [6.07, 6.45) is 0. The normalized spacial score (nSPS) is 10.4. The molecule has 0 aliphatic carbocycles. The Labute approximate surface area is 108 Å². The Morgan fingerprint density at radius 3 is 2.50 bits per heavy atom. The molecule has 0 aliphatic heterocycles. The van der Waals surface area contributed by atoms with Crippen LogP contribution in [0.5, 0.6) is 5.75 Å². The Bertz CT molecular complexity index is 575. The van der Waals surface area contributed by atoms with Crippen LogP contribution in [-0.4, -0.2) is 0 Å². The summed E-state index contributed by atoms with van der Waals surface area (Å²) < 4.78 is 31.8. The highest BCUT2D eigenvalue weighted by Gasteiger charge is 2.05. The summed E-state index contributed by atoms with van der Waals surface area (Å²) in [6.45, 7) is -0.00676. The SMILES string of the molecule is Nc1ccc(COc2ccc(Cl)c(F)c2)c(F)c1. The van der Waals surface area contributed by atoms with Crippen LogP contribution < -0.4 is 10.5 Å². The van der Waals surface area contributed by atoms with E-state index in [0.29, 0.717) is 11.3 Å². The topological polar surface area (TPSA) is 35.2 Å². The molecule has 2 N–H and O–H groups in total. The maximum Gasteiger partial charge on any atom is 0.145 e. The number of rotatable bonds is 3. The van der Waals surface area contributed by atoms with Gasteiger partial charge in [-0.05, 0) is 24.3 Å². The van der Waals surface area contributed by atoms with E-state index in [-0.39, 0.29) is 17.4 Å². The Morgan fingerprint density at radius 2 is 1.83 bits per heavy atom. The van der Waals surface area contributed by atoms with Crippen molar-refractivity contribution in [3.05, 3.63) is 58.6 Å². The molecule has 0 radical (unpaired) electrons. The van der Waals surface area contributed by atoms with Gasteiger partial charge in [0.2, 0.25) is 0 Å². The molecule has 0 aromatic heterocycles. The van der Waals surface area contributed by atoms with Crippen molar-refractivity contribution in [1.29, 1.82) is 0 Å². The van der Waals surface area contributed by atoms with E-state index in [0.717, 1.165) is 6.07 Å². The molecule has 0 amide bonds. The molecule has 0 saturated carbocycles. The first-order chi connectivity index (χ1) is 8.56. The fourth-order valence-electron chi connectivity index (χ4n) is 1.41. The van der Waals surface area contributed by atoms with E-state index >= 15 is 0 Å². The number of nitrogens with two attached hydrogens (primary N) is 1. The summed E-state index contributed by atoms with van der Waals surface area (Å²) in [5, 5.41) is 0.0148. The third kappa shape index (κ3) is 2.90. The van der Waals surface area contributed by atoms with Crippen LogP contribution in [0, 0.1) is 11.6 Å². The van der Waals surface area contributed by atoms with Crippen molar-refractivity contribution in [2.45, 2.75) is 6.61 Å². The average Bonchev–Trinajstić information content (AvgIpc) is 2.32. The molecule has 0 unspecified atom stereocenters. The van der Waals surface area contributed by atoms with E-state index in [9.17, 15) is 8.78 Å². The third-order valence-corrected chi connectivity index (χ3v) is 2.67. The summed E-state index contributed by atoms with van der Waals surface area (Å²) in [7, 11) is 0. The molecule has 0 atom stereocenters. The van der Waals surface area contributed by atoms with E-state index in [2.05, 4.69) is 0 Å². The zero-order valence-corrected chi connectivity index (χ0v) is 10.0. The standard InChI is InChI=1S/C13H10ClF2NO/c14-11-4-3-10(6-13(11)16)18-7-8-1-2-9(17)5-12(8)15/h1-6H,7,17H2. The van der Waals surface area contributed by atoms with E-state index in [1.54, 1.807) is 6.07 Å². The van der Waals surface area contributed by atoms with Crippen LogP contribution in [0.2, 0.25) is 5.02 Å². The number of hydrogen-bond acceptors (Lipinski definition) is 2. The molecular formula is C13H10ClF2NO. The first-order valence-corrected chi connectivity index (χ1v) is 5.56. The van der Waals surface area contributed by atoms with Gasteiger partial charge in [-0.3, -0.25) is 0 Å². The minimum absolute atomic E-state index is 0.00676. The highest BCUT2D eigenvalue weighted by Crippen LogP contribution is 2.22. The van der Waals surface area contributed by atoms with Gasteiger partial charge < -0.3 is 10.5 Å². The lowest BCUT2D eigenvalue weighted by Crippen LogP contribution is -1.99. The van der Waals surface area contributed by atoms with Crippen LogP contribution in [-0.2, 0) is 6.61 Å². The Hall–Kier alpha value is -1.81. The second-order valence-corrected chi connectivity index (χ2v) is 4.12. The molecule has 0 fully saturated rings. The van der Waals surface area contributed by atoms with Crippen molar-refractivity contribution >= 4 is 17.3 Å². The lowest BCUT2D eigenvalue weighted by Gasteiger charge is -2.08. The van der Waals surface area contributed by atoms with Crippen LogP contribution in [0.1, 0.15) is 5.56 Å². The van der Waals surface area contributed by atoms with E-state index < -0.39 is 11.6 Å². The molecule has 0 bridgehead atoms. The molecule has 2 rings (SSSR count). The number of hydrogen-bond donors (Lipinski definition) is 1. The summed E-state index contributed by atoms with van der Waals surface area (Å²) in [5.41, 5.74) is 6.11. The average molecular weight is 270 g/mol. The quantitative estimate of drug-likeness (QED) is 0.861. The molecule has 0 aliphatic rings. The Morgan fingerprint density at radius 1 is 1.06 bits per heavy atom. The van der Waals surface area contributed by atoms with Gasteiger partial charge >= 0.3 is 0 Å². The van der Waals surface area contributed by atoms with E-state index in [4.69, 9.17) is 22.1 Å². The van der Waals surface area contributed by atoms with Crippen molar-refractivity contribution in [1.82, 2.24) is 0 Å². The van der Waals surface area contributed by atoms with Gasteiger partial charge in [0.1, 0.15) is 24.0 Å². The van der Waals surface area contributed by atoms with Crippen LogP contribution in [0.4, 0.5) is 14.5 Å². The van der Waals surface area contributed by atoms with Crippen molar-refractivity contribution < 1.29 is 13.5 Å². The van der Waals surface area contributed by atoms with Gasteiger partial charge in [0.05, 0.1) is 5.02 Å². The van der Waals surface area contributed by atoms with Gasteiger partial charge in [-0.15, -0.1) is 0 Å². The molecule has 2 aromatic rings. The number of anilines is 1. The van der Waals surface area contributed by atoms with E-state index in [1.807, 2.05) is 0 Å². The van der Waals surface area contributed by atoms with Gasteiger partial charge in [0.25, 0.3) is 0 Å². The molecular weight excluding hydrogens is 260 g/mol. The van der Waals surface area contributed by atoms with Gasteiger partial charge in [-0.2, -0.15) is 0 Å². The first kappa shape index (κ1) is 12.6. The third-order valence-electron chi connectivity index (χ3n) is 2.36. The van der Waals surface area contributed by atoms with Crippen LogP contribution in [0.3, 0.4) is 0 Å². The summed E-state index contributed by atoms with van der Waals surface area (Å²) in [4.78, 5) is 0. The molecule has 94 valence electrons. The zero-order valence-electron chi connectivity index (χ0n) is 9.29. The Balaban J connectivity index is 2.09. The maximum atomic E-state index is 13.4. The first-order valence-electron chi connectivity index (χ1n) is 5.18. The number of halogens is 3. The smallest absolute Gasteiger partial charge is 0.145 e. The monoisotopic (exact) mass is 269 g/mol. The zero-order chi connectivity index (χ0) is 13.1. The molecule has 0 spiro atoms. The fraction of sp³-hybridized carbons (Fsp3) is 0.0769. The van der Waals surface area contributed by atoms with Crippen molar-refractivity contribution in [2.24, 2.45) is 0 Å². The molecule has 2 aromatic carbocycles. The Kier molecular flexibility index (Phi) is 3.67. The number of benzene rings is 2. The minimum Gasteiger partial charge on any atom is -0.489 e. The lowest BCUT2D eigenvalue weighted by atomic mass is 10.2. The predicted octanol–water partition coefficient (Wildman–Crippen LogP) is 3.78. The molecule has 18 heavy (non-hydrogen) atoms. The van der Waals surface area contributed by atoms with Gasteiger partial charge in [0, 0.05) is 17.3 Å². The maximum absolute atomic E-state index is 13.4. The van der Waals surface area contributed by atoms with Crippen LogP contribution >= 0.6 is 11.6 Å². The van der Waals surface area contributed by atoms with Gasteiger partial charge in [-0.1, -0.05) is 17.7 Å². The summed E-state index contributed by atoms with van der Waals surface area (Å²) in [6, 6.07) is 8.35. The van der Waals surface area contributed by atoms with Gasteiger partial charge in [0.15, 0.2) is 0 Å².